The molecule has 7 nitrogen and oxygen atoms in total. The largest absolute Gasteiger partial charge is 0.459 e. The molecule has 2 heterocycles. The summed E-state index contributed by atoms with van der Waals surface area (Å²) in [4.78, 5) is 39.6. The minimum absolute atomic E-state index is 0.0760. The van der Waals surface area contributed by atoms with E-state index >= 15 is 0 Å². The lowest BCUT2D eigenvalue weighted by Gasteiger charge is -2.35. The van der Waals surface area contributed by atoms with Gasteiger partial charge in [0.25, 0.3) is 11.8 Å². The molecule has 2 aromatic rings. The van der Waals surface area contributed by atoms with Crippen LogP contribution in [0.2, 0.25) is 5.02 Å². The van der Waals surface area contributed by atoms with Gasteiger partial charge in [-0.1, -0.05) is 11.6 Å². The molecule has 1 saturated heterocycles. The molecule has 1 N–H and O–H groups in total. The number of hydrogen-bond acceptors (Lipinski definition) is 4. The van der Waals surface area contributed by atoms with Crippen molar-refractivity contribution in [1.82, 2.24) is 15.1 Å². The molecule has 1 aliphatic heterocycles. The molecule has 1 aromatic heterocycles. The number of carbonyl (C=O) groups excluding carboxylic acids is 3. The molecular formula is C19H19ClFN3O4. The first kappa shape index (κ1) is 19.9. The summed E-state index contributed by atoms with van der Waals surface area (Å²) in [6.07, 6.45) is 1.54. The minimum Gasteiger partial charge on any atom is -0.459 e. The van der Waals surface area contributed by atoms with Crippen molar-refractivity contribution in [3.8, 4) is 0 Å². The second-order valence-corrected chi connectivity index (χ2v) is 6.72. The normalized spacial score (nSPS) is 14.1. The van der Waals surface area contributed by atoms with Crippen LogP contribution in [0.25, 0.3) is 0 Å². The highest BCUT2D eigenvalue weighted by Gasteiger charge is 2.26. The van der Waals surface area contributed by atoms with E-state index in [0.29, 0.717) is 26.2 Å². The van der Waals surface area contributed by atoms with Crippen LogP contribution in [0.3, 0.4) is 0 Å². The molecule has 1 aliphatic rings. The number of carbonyl (C=O) groups is 3. The number of rotatable bonds is 5. The first-order valence-corrected chi connectivity index (χ1v) is 9.17. The zero-order chi connectivity index (χ0) is 20.1. The third-order valence-corrected chi connectivity index (χ3v) is 4.68. The minimum atomic E-state index is -0.625. The number of amides is 3. The molecule has 0 unspecified atom stereocenters. The Morgan fingerprint density at radius 1 is 1.11 bits per heavy atom. The fraction of sp³-hybridized carbons (Fsp3) is 0.316. The van der Waals surface area contributed by atoms with Crippen LogP contribution in [0.4, 0.5) is 4.39 Å². The van der Waals surface area contributed by atoms with Gasteiger partial charge >= 0.3 is 0 Å². The van der Waals surface area contributed by atoms with Crippen molar-refractivity contribution in [2.45, 2.75) is 6.42 Å². The highest BCUT2D eigenvalue weighted by Crippen LogP contribution is 2.18. The molecular weight excluding hydrogens is 389 g/mol. The Labute approximate surface area is 166 Å². The van der Waals surface area contributed by atoms with Gasteiger partial charge in [-0.25, -0.2) is 4.39 Å². The van der Waals surface area contributed by atoms with Crippen molar-refractivity contribution >= 4 is 29.3 Å². The molecule has 0 atom stereocenters. The van der Waals surface area contributed by atoms with E-state index in [1.807, 2.05) is 0 Å². The van der Waals surface area contributed by atoms with Crippen LogP contribution in [0.5, 0.6) is 0 Å². The molecule has 0 radical (unpaired) electrons. The molecule has 148 valence electrons. The van der Waals surface area contributed by atoms with Gasteiger partial charge in [-0.15, -0.1) is 0 Å². The average Bonchev–Trinajstić information content (AvgIpc) is 3.24. The van der Waals surface area contributed by atoms with Crippen molar-refractivity contribution < 1.29 is 23.2 Å². The number of benzene rings is 1. The Hall–Kier alpha value is -2.87. The first-order valence-electron chi connectivity index (χ1n) is 8.79. The number of furan rings is 1. The van der Waals surface area contributed by atoms with Crippen LogP contribution in [-0.4, -0.2) is 60.2 Å². The van der Waals surface area contributed by atoms with Gasteiger partial charge in [-0.2, -0.15) is 0 Å². The third kappa shape index (κ3) is 4.69. The van der Waals surface area contributed by atoms with E-state index in [1.165, 1.54) is 29.4 Å². The molecule has 0 saturated carbocycles. The first-order chi connectivity index (χ1) is 13.5. The number of nitrogens with zero attached hydrogens (tertiary/aromatic N) is 2. The summed E-state index contributed by atoms with van der Waals surface area (Å²) in [6.45, 7) is 1.48. The maximum atomic E-state index is 13.9. The van der Waals surface area contributed by atoms with Gasteiger partial charge in [0, 0.05) is 44.2 Å². The van der Waals surface area contributed by atoms with Crippen molar-refractivity contribution in [2.24, 2.45) is 0 Å². The standard InChI is InChI=1S/C19H19ClFN3O4/c20-13-3-4-15(21)14(12-13)19(27)24-9-7-23(8-10-24)17(25)5-6-22-18(26)16-2-1-11-28-16/h1-4,11-12H,5-10H2,(H,22,26). The lowest BCUT2D eigenvalue weighted by atomic mass is 10.1. The fourth-order valence-corrected chi connectivity index (χ4v) is 3.10. The van der Waals surface area contributed by atoms with E-state index in [0.717, 1.165) is 6.07 Å². The van der Waals surface area contributed by atoms with Gasteiger partial charge in [0.1, 0.15) is 5.82 Å². The van der Waals surface area contributed by atoms with E-state index in [4.69, 9.17) is 16.0 Å². The predicted octanol–water partition coefficient (Wildman–Crippen LogP) is 2.18. The van der Waals surface area contributed by atoms with Gasteiger partial charge in [0.15, 0.2) is 5.76 Å². The summed E-state index contributed by atoms with van der Waals surface area (Å²) in [5.41, 5.74) is -0.0760. The summed E-state index contributed by atoms with van der Waals surface area (Å²) >= 11 is 5.84. The molecule has 0 bridgehead atoms. The van der Waals surface area contributed by atoms with Gasteiger partial charge in [0.05, 0.1) is 11.8 Å². The van der Waals surface area contributed by atoms with Gasteiger partial charge in [-0.3, -0.25) is 14.4 Å². The van der Waals surface area contributed by atoms with E-state index in [-0.39, 0.29) is 41.1 Å². The number of piperazine rings is 1. The zero-order valence-electron chi connectivity index (χ0n) is 15.0. The Morgan fingerprint density at radius 2 is 1.82 bits per heavy atom. The Morgan fingerprint density at radius 3 is 2.50 bits per heavy atom. The van der Waals surface area contributed by atoms with Crippen LogP contribution in [0.15, 0.2) is 41.0 Å². The van der Waals surface area contributed by atoms with Crippen molar-refractivity contribution in [2.75, 3.05) is 32.7 Å². The SMILES string of the molecule is O=C(NCCC(=O)N1CCN(C(=O)c2cc(Cl)ccc2F)CC1)c1ccco1. The van der Waals surface area contributed by atoms with E-state index in [9.17, 15) is 18.8 Å². The number of nitrogens with one attached hydrogen (secondary N) is 1. The maximum Gasteiger partial charge on any atom is 0.286 e. The summed E-state index contributed by atoms with van der Waals surface area (Å²) in [5.74, 6) is -1.39. The molecule has 0 spiro atoms. The third-order valence-electron chi connectivity index (χ3n) is 4.45. The van der Waals surface area contributed by atoms with Crippen LogP contribution in [-0.2, 0) is 4.79 Å². The van der Waals surface area contributed by atoms with Crippen LogP contribution < -0.4 is 5.32 Å². The van der Waals surface area contributed by atoms with Crippen LogP contribution in [0.1, 0.15) is 27.3 Å². The Kier molecular flexibility index (Phi) is 6.30. The monoisotopic (exact) mass is 407 g/mol. The predicted molar refractivity (Wildman–Crippen MR) is 99.6 cm³/mol. The topological polar surface area (TPSA) is 82.9 Å². The van der Waals surface area contributed by atoms with Gasteiger partial charge in [0.2, 0.25) is 5.91 Å². The summed E-state index contributed by atoms with van der Waals surface area (Å²) in [6, 6.07) is 6.99. The molecule has 9 heteroatoms. The number of halogens is 2. The average molecular weight is 408 g/mol. The van der Waals surface area contributed by atoms with Crippen molar-refractivity contribution in [3.05, 3.63) is 58.8 Å². The smallest absolute Gasteiger partial charge is 0.286 e. The molecule has 0 aliphatic carbocycles. The fourth-order valence-electron chi connectivity index (χ4n) is 2.93. The summed E-state index contributed by atoms with van der Waals surface area (Å²) < 4.78 is 18.9. The molecule has 3 amide bonds. The van der Waals surface area contributed by atoms with Crippen LogP contribution in [0, 0.1) is 5.82 Å². The Bertz CT molecular complexity index is 864. The second-order valence-electron chi connectivity index (χ2n) is 6.28. The van der Waals surface area contributed by atoms with Gasteiger partial charge < -0.3 is 19.5 Å². The van der Waals surface area contributed by atoms with E-state index in [1.54, 1.807) is 11.0 Å². The summed E-state index contributed by atoms with van der Waals surface area (Å²) in [5, 5.41) is 2.90. The second kappa shape index (κ2) is 8.88. The molecule has 3 rings (SSSR count). The highest BCUT2D eigenvalue weighted by molar-refractivity contribution is 6.31. The van der Waals surface area contributed by atoms with Crippen molar-refractivity contribution in [1.29, 1.82) is 0 Å². The molecule has 28 heavy (non-hydrogen) atoms. The van der Waals surface area contributed by atoms with E-state index < -0.39 is 11.7 Å². The maximum absolute atomic E-state index is 13.9. The Balaban J connectivity index is 1.45. The quantitative estimate of drug-likeness (QED) is 0.823. The lowest BCUT2D eigenvalue weighted by molar-refractivity contribution is -0.132. The lowest BCUT2D eigenvalue weighted by Crippen LogP contribution is -2.51. The van der Waals surface area contributed by atoms with Crippen molar-refractivity contribution in [3.63, 3.8) is 0 Å². The number of hydrogen-bond donors (Lipinski definition) is 1. The van der Waals surface area contributed by atoms with E-state index in [2.05, 4.69) is 5.32 Å². The molecule has 1 fully saturated rings. The highest BCUT2D eigenvalue weighted by atomic mass is 35.5. The molecule has 1 aromatic carbocycles. The van der Waals surface area contributed by atoms with Gasteiger partial charge in [-0.05, 0) is 30.3 Å². The van der Waals surface area contributed by atoms with Crippen LogP contribution >= 0.6 is 11.6 Å². The summed E-state index contributed by atoms with van der Waals surface area (Å²) in [7, 11) is 0. The zero-order valence-corrected chi connectivity index (χ0v) is 15.7.